The van der Waals surface area contributed by atoms with Gasteiger partial charge in [0.05, 0.1) is 20.9 Å². The Balaban J connectivity index is 2.00. The maximum absolute atomic E-state index is 12.4. The number of amides is 1. The number of halogens is 2. The molecule has 0 spiro atoms. The molecule has 1 aromatic carbocycles. The number of hydrogen-bond donors (Lipinski definition) is 1. The summed E-state index contributed by atoms with van der Waals surface area (Å²) in [7, 11) is 0. The van der Waals surface area contributed by atoms with E-state index < -0.39 is 0 Å². The third kappa shape index (κ3) is 2.85. The molecular formula is C14H9Cl2N3OS. The highest BCUT2D eigenvalue weighted by atomic mass is 35.5. The fourth-order valence-corrected chi connectivity index (χ4v) is 3.11. The first-order valence-electron chi connectivity index (χ1n) is 6.02. The van der Waals surface area contributed by atoms with E-state index in [4.69, 9.17) is 23.2 Å². The van der Waals surface area contributed by atoms with Gasteiger partial charge >= 0.3 is 0 Å². The molecule has 0 aliphatic rings. The van der Waals surface area contributed by atoms with Gasteiger partial charge in [0.15, 0.2) is 0 Å². The molecule has 21 heavy (non-hydrogen) atoms. The van der Waals surface area contributed by atoms with Crippen LogP contribution < -0.4 is 5.32 Å². The standard InChI is InChI=1S/C14H9Cl2N3OS/c1-7-4-8(5-11(16)18-7)14(20)19-12-9(15)2-3-10-13(12)17-6-21-10/h2-6H,1H3,(H,19,20). The van der Waals surface area contributed by atoms with Gasteiger partial charge in [0.25, 0.3) is 5.91 Å². The maximum atomic E-state index is 12.4. The molecule has 0 saturated carbocycles. The molecule has 2 heterocycles. The highest BCUT2D eigenvalue weighted by Crippen LogP contribution is 2.32. The van der Waals surface area contributed by atoms with Crippen LogP contribution in [-0.2, 0) is 0 Å². The first kappa shape index (κ1) is 14.3. The predicted molar refractivity (Wildman–Crippen MR) is 86.6 cm³/mol. The highest BCUT2D eigenvalue weighted by Gasteiger charge is 2.14. The van der Waals surface area contributed by atoms with Crippen LogP contribution in [0.25, 0.3) is 10.2 Å². The Labute approximate surface area is 134 Å². The fraction of sp³-hybridized carbons (Fsp3) is 0.0714. The van der Waals surface area contributed by atoms with Gasteiger partial charge in [-0.3, -0.25) is 4.79 Å². The van der Waals surface area contributed by atoms with Crippen molar-refractivity contribution in [3.8, 4) is 0 Å². The Morgan fingerprint density at radius 1 is 1.29 bits per heavy atom. The molecule has 4 nitrogen and oxygen atoms in total. The average molecular weight is 338 g/mol. The van der Waals surface area contributed by atoms with Crippen molar-refractivity contribution in [1.29, 1.82) is 0 Å². The molecule has 3 aromatic rings. The molecule has 0 unspecified atom stereocenters. The average Bonchev–Trinajstić information content (AvgIpc) is 2.89. The second-order valence-electron chi connectivity index (χ2n) is 4.40. The minimum Gasteiger partial charge on any atom is -0.319 e. The second-order valence-corrected chi connectivity index (χ2v) is 6.08. The summed E-state index contributed by atoms with van der Waals surface area (Å²) in [4.78, 5) is 20.6. The Morgan fingerprint density at radius 2 is 2.10 bits per heavy atom. The number of nitrogens with zero attached hydrogens (tertiary/aromatic N) is 2. The third-order valence-corrected chi connectivity index (χ3v) is 4.18. The number of anilines is 1. The van der Waals surface area contributed by atoms with E-state index in [0.29, 0.717) is 27.5 Å². The number of carbonyl (C=O) groups is 1. The van der Waals surface area contributed by atoms with Crippen molar-refractivity contribution in [2.24, 2.45) is 0 Å². The quantitative estimate of drug-likeness (QED) is 0.697. The van der Waals surface area contributed by atoms with Crippen LogP contribution in [-0.4, -0.2) is 15.9 Å². The van der Waals surface area contributed by atoms with E-state index in [2.05, 4.69) is 15.3 Å². The van der Waals surface area contributed by atoms with Crippen LogP contribution in [0.5, 0.6) is 0 Å². The second kappa shape index (κ2) is 5.60. The Bertz CT molecular complexity index is 827. The van der Waals surface area contributed by atoms with E-state index in [0.717, 1.165) is 4.70 Å². The van der Waals surface area contributed by atoms with Gasteiger partial charge in [-0.25, -0.2) is 9.97 Å². The number of pyridine rings is 1. The molecule has 106 valence electrons. The van der Waals surface area contributed by atoms with Crippen molar-refractivity contribution >= 4 is 56.3 Å². The van der Waals surface area contributed by atoms with E-state index >= 15 is 0 Å². The predicted octanol–water partition coefficient (Wildman–Crippen LogP) is 4.56. The van der Waals surface area contributed by atoms with Crippen molar-refractivity contribution in [3.63, 3.8) is 0 Å². The van der Waals surface area contributed by atoms with Gasteiger partial charge in [-0.15, -0.1) is 11.3 Å². The van der Waals surface area contributed by atoms with Gasteiger partial charge in [-0.1, -0.05) is 23.2 Å². The Kier molecular flexibility index (Phi) is 3.80. The highest BCUT2D eigenvalue weighted by molar-refractivity contribution is 7.16. The number of aryl methyl sites for hydroxylation is 1. The number of hydrogen-bond acceptors (Lipinski definition) is 4. The minimum absolute atomic E-state index is 0.276. The van der Waals surface area contributed by atoms with E-state index in [9.17, 15) is 4.79 Å². The summed E-state index contributed by atoms with van der Waals surface area (Å²) in [5.41, 5.74) is 3.99. The lowest BCUT2D eigenvalue weighted by Gasteiger charge is -2.08. The van der Waals surface area contributed by atoms with Crippen LogP contribution in [0.4, 0.5) is 5.69 Å². The monoisotopic (exact) mass is 337 g/mol. The van der Waals surface area contributed by atoms with Crippen LogP contribution >= 0.6 is 34.5 Å². The lowest BCUT2D eigenvalue weighted by molar-refractivity contribution is 0.102. The van der Waals surface area contributed by atoms with E-state index in [1.165, 1.54) is 17.4 Å². The van der Waals surface area contributed by atoms with Gasteiger partial charge < -0.3 is 5.32 Å². The number of rotatable bonds is 2. The zero-order chi connectivity index (χ0) is 15.0. The van der Waals surface area contributed by atoms with Gasteiger partial charge in [0.1, 0.15) is 10.7 Å². The van der Waals surface area contributed by atoms with Crippen LogP contribution in [0.3, 0.4) is 0 Å². The van der Waals surface area contributed by atoms with Crippen molar-refractivity contribution in [3.05, 3.63) is 51.2 Å². The number of carbonyl (C=O) groups excluding carboxylic acids is 1. The molecule has 2 aromatic heterocycles. The lowest BCUT2D eigenvalue weighted by Crippen LogP contribution is -2.13. The van der Waals surface area contributed by atoms with E-state index in [1.807, 2.05) is 6.07 Å². The Morgan fingerprint density at radius 3 is 2.86 bits per heavy atom. The molecule has 1 N–H and O–H groups in total. The van der Waals surface area contributed by atoms with Gasteiger partial charge in [-0.2, -0.15) is 0 Å². The lowest BCUT2D eigenvalue weighted by atomic mass is 10.2. The van der Waals surface area contributed by atoms with Crippen LogP contribution in [0.2, 0.25) is 10.2 Å². The van der Waals surface area contributed by atoms with Gasteiger partial charge in [-0.05, 0) is 31.2 Å². The van der Waals surface area contributed by atoms with Crippen LogP contribution in [0.15, 0.2) is 29.8 Å². The number of benzene rings is 1. The topological polar surface area (TPSA) is 54.9 Å². The summed E-state index contributed by atoms with van der Waals surface area (Å²) in [5.74, 6) is -0.301. The number of nitrogens with one attached hydrogen (secondary N) is 1. The smallest absolute Gasteiger partial charge is 0.255 e. The summed E-state index contributed by atoms with van der Waals surface area (Å²) >= 11 is 13.5. The normalized spacial score (nSPS) is 10.8. The molecular weight excluding hydrogens is 329 g/mol. The van der Waals surface area contributed by atoms with Crippen LogP contribution in [0, 0.1) is 6.92 Å². The number of thiazole rings is 1. The molecule has 0 aliphatic heterocycles. The first-order valence-corrected chi connectivity index (χ1v) is 7.65. The minimum atomic E-state index is -0.301. The molecule has 0 bridgehead atoms. The van der Waals surface area contributed by atoms with Crippen molar-refractivity contribution in [2.45, 2.75) is 6.92 Å². The summed E-state index contributed by atoms with van der Waals surface area (Å²) in [6.07, 6.45) is 0. The summed E-state index contributed by atoms with van der Waals surface area (Å²) in [5, 5.41) is 3.52. The molecule has 0 atom stereocenters. The third-order valence-electron chi connectivity index (χ3n) is 2.87. The molecule has 0 saturated heterocycles. The molecule has 3 rings (SSSR count). The molecule has 1 amide bonds. The molecule has 0 fully saturated rings. The zero-order valence-corrected chi connectivity index (χ0v) is 13.2. The summed E-state index contributed by atoms with van der Waals surface area (Å²) < 4.78 is 0.957. The van der Waals surface area contributed by atoms with Gasteiger partial charge in [0.2, 0.25) is 0 Å². The first-order chi connectivity index (χ1) is 10.0. The summed E-state index contributed by atoms with van der Waals surface area (Å²) in [6.45, 7) is 1.77. The zero-order valence-electron chi connectivity index (χ0n) is 10.9. The molecule has 7 heteroatoms. The molecule has 0 radical (unpaired) electrons. The fourth-order valence-electron chi connectivity index (χ4n) is 1.97. The number of fused-ring (bicyclic) bond motifs is 1. The summed E-state index contributed by atoms with van der Waals surface area (Å²) in [6, 6.07) is 6.79. The maximum Gasteiger partial charge on any atom is 0.255 e. The van der Waals surface area contributed by atoms with E-state index in [-0.39, 0.29) is 11.1 Å². The van der Waals surface area contributed by atoms with Crippen molar-refractivity contribution in [2.75, 3.05) is 5.32 Å². The SMILES string of the molecule is Cc1cc(C(=O)Nc2c(Cl)ccc3scnc23)cc(Cl)n1. The number of aromatic nitrogens is 2. The largest absolute Gasteiger partial charge is 0.319 e. The molecule has 0 aliphatic carbocycles. The van der Waals surface area contributed by atoms with E-state index in [1.54, 1.807) is 24.6 Å². The van der Waals surface area contributed by atoms with Crippen molar-refractivity contribution < 1.29 is 4.79 Å². The van der Waals surface area contributed by atoms with Gasteiger partial charge in [0, 0.05) is 11.3 Å². The van der Waals surface area contributed by atoms with Crippen molar-refractivity contribution in [1.82, 2.24) is 9.97 Å². The van der Waals surface area contributed by atoms with Crippen LogP contribution in [0.1, 0.15) is 16.1 Å². The Hall–Kier alpha value is -1.69.